The highest BCUT2D eigenvalue weighted by Gasteiger charge is 2.10. The van der Waals surface area contributed by atoms with Crippen molar-refractivity contribution < 1.29 is 9.90 Å². The Labute approximate surface area is 97.3 Å². The molecule has 0 aliphatic carbocycles. The third-order valence-corrected chi connectivity index (χ3v) is 3.06. The summed E-state index contributed by atoms with van der Waals surface area (Å²) in [7, 11) is 0. The van der Waals surface area contributed by atoms with Gasteiger partial charge in [0.1, 0.15) is 6.04 Å². The molecular formula is C10H14N2O3S. The van der Waals surface area contributed by atoms with Crippen LogP contribution in [0.2, 0.25) is 0 Å². The number of hydrogen-bond acceptors (Lipinski definition) is 4. The Hall–Kier alpha value is -1.27. The van der Waals surface area contributed by atoms with Gasteiger partial charge in [-0.2, -0.15) is 11.8 Å². The Morgan fingerprint density at radius 1 is 1.56 bits per heavy atom. The van der Waals surface area contributed by atoms with E-state index in [0.717, 1.165) is 0 Å². The van der Waals surface area contributed by atoms with Crippen LogP contribution in [0.25, 0.3) is 0 Å². The van der Waals surface area contributed by atoms with Gasteiger partial charge in [-0.1, -0.05) is 6.07 Å². The summed E-state index contributed by atoms with van der Waals surface area (Å²) in [5.74, 6) is 0.0336. The number of hydrogen-bond donors (Lipinski definition) is 2. The molecular weight excluding hydrogens is 228 g/mol. The van der Waals surface area contributed by atoms with Crippen molar-refractivity contribution >= 4 is 17.7 Å². The van der Waals surface area contributed by atoms with E-state index in [1.807, 2.05) is 0 Å². The zero-order valence-electron chi connectivity index (χ0n) is 8.70. The average Bonchev–Trinajstić information content (AvgIpc) is 2.26. The van der Waals surface area contributed by atoms with Crippen LogP contribution in [-0.4, -0.2) is 33.2 Å². The number of nitrogens with zero attached hydrogens (tertiary/aromatic N) is 1. The van der Waals surface area contributed by atoms with Crippen LogP contribution >= 0.6 is 11.8 Å². The molecule has 1 atom stereocenters. The summed E-state index contributed by atoms with van der Waals surface area (Å²) in [6.45, 7) is 0.566. The Bertz CT molecular complexity index is 405. The Morgan fingerprint density at radius 3 is 2.94 bits per heavy atom. The van der Waals surface area contributed by atoms with E-state index in [1.165, 1.54) is 17.8 Å². The van der Waals surface area contributed by atoms with Gasteiger partial charge < -0.3 is 15.4 Å². The first-order chi connectivity index (χ1) is 7.61. The number of carboxylic acid groups (broad SMARTS) is 1. The fourth-order valence-corrected chi connectivity index (χ4v) is 1.98. The summed E-state index contributed by atoms with van der Waals surface area (Å²) in [5, 5.41) is 8.55. The van der Waals surface area contributed by atoms with E-state index in [-0.39, 0.29) is 5.56 Å². The van der Waals surface area contributed by atoms with Crippen molar-refractivity contribution in [2.75, 3.05) is 11.5 Å². The lowest BCUT2D eigenvalue weighted by Gasteiger charge is -2.07. The zero-order valence-corrected chi connectivity index (χ0v) is 9.52. The third-order valence-electron chi connectivity index (χ3n) is 1.99. The SMILES string of the molecule is N[C@H](CSCCn1ccccc1=O)C(=O)O. The lowest BCUT2D eigenvalue weighted by molar-refractivity contribution is -0.137. The quantitative estimate of drug-likeness (QED) is 0.685. The van der Waals surface area contributed by atoms with Crippen molar-refractivity contribution in [1.29, 1.82) is 0 Å². The van der Waals surface area contributed by atoms with E-state index in [1.54, 1.807) is 22.9 Å². The number of rotatable bonds is 6. The number of carboxylic acids is 1. The van der Waals surface area contributed by atoms with E-state index in [2.05, 4.69) is 0 Å². The Balaban J connectivity index is 2.29. The van der Waals surface area contributed by atoms with Gasteiger partial charge in [0.15, 0.2) is 0 Å². The van der Waals surface area contributed by atoms with Gasteiger partial charge in [-0.25, -0.2) is 0 Å². The first kappa shape index (κ1) is 12.8. The van der Waals surface area contributed by atoms with Crippen LogP contribution in [0.15, 0.2) is 29.2 Å². The van der Waals surface area contributed by atoms with Gasteiger partial charge in [-0.05, 0) is 6.07 Å². The molecule has 3 N–H and O–H groups in total. The minimum Gasteiger partial charge on any atom is -0.480 e. The first-order valence-corrected chi connectivity index (χ1v) is 5.98. The van der Waals surface area contributed by atoms with E-state index >= 15 is 0 Å². The summed E-state index contributed by atoms with van der Waals surface area (Å²) in [6.07, 6.45) is 1.71. The molecule has 0 fully saturated rings. The predicted octanol–water partition coefficient (Wildman–Crippen LogP) is -0.00660. The number of aliphatic carboxylic acids is 1. The molecule has 1 heterocycles. The minimum atomic E-state index is -0.996. The highest BCUT2D eigenvalue weighted by Crippen LogP contribution is 2.02. The van der Waals surface area contributed by atoms with Crippen molar-refractivity contribution in [3.8, 4) is 0 Å². The van der Waals surface area contributed by atoms with Crippen LogP contribution in [0.5, 0.6) is 0 Å². The molecule has 1 aromatic heterocycles. The molecule has 0 amide bonds. The fraction of sp³-hybridized carbons (Fsp3) is 0.400. The van der Waals surface area contributed by atoms with Gasteiger partial charge in [-0.15, -0.1) is 0 Å². The number of thioether (sulfide) groups is 1. The van der Waals surface area contributed by atoms with Crippen molar-refractivity contribution in [1.82, 2.24) is 4.57 Å². The van der Waals surface area contributed by atoms with Crippen LogP contribution in [0.1, 0.15) is 0 Å². The summed E-state index contributed by atoms with van der Waals surface area (Å²) in [6, 6.07) is 4.13. The van der Waals surface area contributed by atoms with Crippen molar-refractivity contribution in [2.45, 2.75) is 12.6 Å². The van der Waals surface area contributed by atoms with Crippen LogP contribution in [0.4, 0.5) is 0 Å². The molecule has 1 rings (SSSR count). The molecule has 0 aliphatic rings. The first-order valence-electron chi connectivity index (χ1n) is 4.83. The molecule has 16 heavy (non-hydrogen) atoms. The van der Waals surface area contributed by atoms with Crippen LogP contribution < -0.4 is 11.3 Å². The minimum absolute atomic E-state index is 0.0503. The predicted molar refractivity (Wildman–Crippen MR) is 63.6 cm³/mol. The molecule has 0 bridgehead atoms. The van der Waals surface area contributed by atoms with E-state index < -0.39 is 12.0 Å². The van der Waals surface area contributed by atoms with Gasteiger partial charge >= 0.3 is 5.97 Å². The summed E-state index contributed by atoms with van der Waals surface area (Å²) in [4.78, 5) is 21.7. The van der Waals surface area contributed by atoms with Gasteiger partial charge in [0.25, 0.3) is 5.56 Å². The molecule has 0 spiro atoms. The molecule has 0 unspecified atom stereocenters. The molecule has 0 aliphatic heterocycles. The topological polar surface area (TPSA) is 85.3 Å². The van der Waals surface area contributed by atoms with Crippen molar-refractivity contribution in [3.05, 3.63) is 34.7 Å². The number of carbonyl (C=O) groups is 1. The van der Waals surface area contributed by atoms with Gasteiger partial charge in [-0.3, -0.25) is 9.59 Å². The maximum atomic E-state index is 11.3. The van der Waals surface area contributed by atoms with E-state index in [0.29, 0.717) is 18.1 Å². The van der Waals surface area contributed by atoms with Crippen LogP contribution in [0, 0.1) is 0 Å². The average molecular weight is 242 g/mol. The van der Waals surface area contributed by atoms with Gasteiger partial charge in [0.05, 0.1) is 0 Å². The summed E-state index contributed by atoms with van der Waals surface area (Å²) >= 11 is 1.43. The Kier molecular flexibility index (Phi) is 5.07. The second-order valence-electron chi connectivity index (χ2n) is 3.25. The maximum absolute atomic E-state index is 11.3. The lowest BCUT2D eigenvalue weighted by Crippen LogP contribution is -2.32. The molecule has 5 nitrogen and oxygen atoms in total. The fourth-order valence-electron chi connectivity index (χ4n) is 1.09. The van der Waals surface area contributed by atoms with Gasteiger partial charge in [0.2, 0.25) is 0 Å². The number of pyridine rings is 1. The molecule has 1 aromatic rings. The standard InChI is InChI=1S/C10H14N2O3S/c11-8(10(14)15)7-16-6-5-12-4-2-1-3-9(12)13/h1-4,8H,5-7,11H2,(H,14,15)/t8-/m1/s1. The maximum Gasteiger partial charge on any atom is 0.321 e. The molecule has 0 aromatic carbocycles. The van der Waals surface area contributed by atoms with E-state index in [4.69, 9.17) is 10.8 Å². The summed E-state index contributed by atoms with van der Waals surface area (Å²) in [5.41, 5.74) is 5.29. The molecule has 0 saturated carbocycles. The monoisotopic (exact) mass is 242 g/mol. The molecule has 0 radical (unpaired) electrons. The van der Waals surface area contributed by atoms with Gasteiger partial charge in [0, 0.05) is 30.3 Å². The second kappa shape index (κ2) is 6.34. The highest BCUT2D eigenvalue weighted by molar-refractivity contribution is 7.99. The van der Waals surface area contributed by atoms with Crippen molar-refractivity contribution in [3.63, 3.8) is 0 Å². The number of aromatic nitrogens is 1. The van der Waals surface area contributed by atoms with Crippen LogP contribution in [-0.2, 0) is 11.3 Å². The normalized spacial score (nSPS) is 12.3. The number of nitrogens with two attached hydrogens (primary N) is 1. The smallest absolute Gasteiger partial charge is 0.321 e. The highest BCUT2D eigenvalue weighted by atomic mass is 32.2. The lowest BCUT2D eigenvalue weighted by atomic mass is 10.4. The third kappa shape index (κ3) is 4.08. The molecule has 88 valence electrons. The van der Waals surface area contributed by atoms with E-state index in [9.17, 15) is 9.59 Å². The molecule has 0 saturated heterocycles. The second-order valence-corrected chi connectivity index (χ2v) is 4.40. The van der Waals surface area contributed by atoms with Crippen molar-refractivity contribution in [2.24, 2.45) is 5.73 Å². The zero-order chi connectivity index (χ0) is 12.0. The van der Waals surface area contributed by atoms with Crippen LogP contribution in [0.3, 0.4) is 0 Å². The summed E-state index contributed by atoms with van der Waals surface area (Å²) < 4.78 is 1.58. The Morgan fingerprint density at radius 2 is 2.31 bits per heavy atom. The number of aryl methyl sites for hydroxylation is 1. The molecule has 6 heteroatoms. The largest absolute Gasteiger partial charge is 0.480 e.